The standard InChI is InChI=1S/C14H11ClN4OS2/c1-9-2-4-10(5-3-9)19-14(16-17-18-19)21-8-11(20)12-6-7-13(15)22-12/h2-7H,8H2,1H3. The van der Waals surface area contributed by atoms with Crippen LogP contribution in [-0.2, 0) is 0 Å². The number of nitrogens with zero attached hydrogens (tertiary/aromatic N) is 4. The molecule has 112 valence electrons. The smallest absolute Gasteiger partial charge is 0.214 e. The van der Waals surface area contributed by atoms with E-state index in [1.54, 1.807) is 16.8 Å². The maximum atomic E-state index is 12.1. The van der Waals surface area contributed by atoms with Gasteiger partial charge >= 0.3 is 0 Å². The van der Waals surface area contributed by atoms with E-state index in [9.17, 15) is 4.79 Å². The Bertz CT molecular complexity index is 797. The number of thioether (sulfide) groups is 1. The first-order chi connectivity index (χ1) is 10.6. The van der Waals surface area contributed by atoms with Crippen molar-refractivity contribution >= 4 is 40.5 Å². The average molecular weight is 351 g/mol. The van der Waals surface area contributed by atoms with Crippen molar-refractivity contribution in [2.75, 3.05) is 5.75 Å². The molecule has 0 atom stereocenters. The zero-order valence-corrected chi connectivity index (χ0v) is 14.0. The predicted molar refractivity (Wildman–Crippen MR) is 88.3 cm³/mol. The van der Waals surface area contributed by atoms with E-state index < -0.39 is 0 Å². The third-order valence-corrected chi connectivity index (χ3v) is 5.09. The Morgan fingerprint density at radius 2 is 2.05 bits per heavy atom. The second-order valence-electron chi connectivity index (χ2n) is 4.52. The van der Waals surface area contributed by atoms with Crippen LogP contribution in [-0.4, -0.2) is 31.7 Å². The molecule has 2 aromatic heterocycles. The Hall–Kier alpha value is -1.70. The van der Waals surface area contributed by atoms with Crippen LogP contribution in [0, 0.1) is 6.92 Å². The van der Waals surface area contributed by atoms with E-state index in [1.807, 2.05) is 31.2 Å². The van der Waals surface area contributed by atoms with Crippen molar-refractivity contribution in [1.29, 1.82) is 0 Å². The molecule has 1 aromatic carbocycles. The number of thiophene rings is 1. The highest BCUT2D eigenvalue weighted by molar-refractivity contribution is 7.99. The molecule has 2 heterocycles. The van der Waals surface area contributed by atoms with Crippen molar-refractivity contribution in [3.8, 4) is 5.69 Å². The fourth-order valence-electron chi connectivity index (χ4n) is 1.78. The Morgan fingerprint density at radius 3 is 2.73 bits per heavy atom. The number of carbonyl (C=O) groups is 1. The Labute approximate surface area is 140 Å². The van der Waals surface area contributed by atoms with Gasteiger partial charge in [0.25, 0.3) is 0 Å². The number of ketones is 1. The highest BCUT2D eigenvalue weighted by atomic mass is 35.5. The monoisotopic (exact) mass is 350 g/mol. The largest absolute Gasteiger partial charge is 0.292 e. The summed E-state index contributed by atoms with van der Waals surface area (Å²) in [6, 6.07) is 11.3. The molecular weight excluding hydrogens is 340 g/mol. The summed E-state index contributed by atoms with van der Waals surface area (Å²) in [7, 11) is 0. The van der Waals surface area contributed by atoms with Crippen LogP contribution in [0.25, 0.3) is 5.69 Å². The number of hydrogen-bond donors (Lipinski definition) is 0. The number of halogens is 1. The van der Waals surface area contributed by atoms with Crippen molar-refractivity contribution < 1.29 is 4.79 Å². The fourth-order valence-corrected chi connectivity index (χ4v) is 3.63. The Balaban J connectivity index is 1.73. The van der Waals surface area contributed by atoms with Crippen LogP contribution >= 0.6 is 34.7 Å². The summed E-state index contributed by atoms with van der Waals surface area (Å²) in [5, 5.41) is 12.2. The molecule has 0 aliphatic carbocycles. The molecule has 0 bridgehead atoms. The van der Waals surface area contributed by atoms with E-state index in [2.05, 4.69) is 15.5 Å². The van der Waals surface area contributed by atoms with Crippen molar-refractivity contribution in [2.45, 2.75) is 12.1 Å². The molecule has 5 nitrogen and oxygen atoms in total. The van der Waals surface area contributed by atoms with Crippen LogP contribution in [0.3, 0.4) is 0 Å². The molecule has 0 aliphatic rings. The van der Waals surface area contributed by atoms with Gasteiger partial charge in [0, 0.05) is 0 Å². The Kier molecular flexibility index (Phi) is 4.56. The molecule has 0 aliphatic heterocycles. The number of aryl methyl sites for hydroxylation is 1. The van der Waals surface area contributed by atoms with E-state index >= 15 is 0 Å². The lowest BCUT2D eigenvalue weighted by Crippen LogP contribution is -2.03. The number of rotatable bonds is 5. The molecule has 3 rings (SSSR count). The highest BCUT2D eigenvalue weighted by Gasteiger charge is 2.14. The van der Waals surface area contributed by atoms with Gasteiger partial charge in [-0.15, -0.1) is 16.4 Å². The minimum Gasteiger partial charge on any atom is -0.292 e. The summed E-state index contributed by atoms with van der Waals surface area (Å²) in [5.74, 6) is 0.281. The second-order valence-corrected chi connectivity index (χ2v) is 7.18. The van der Waals surface area contributed by atoms with Gasteiger partial charge in [-0.2, -0.15) is 4.68 Å². The SMILES string of the molecule is Cc1ccc(-n2nnnc2SCC(=O)c2ccc(Cl)s2)cc1. The van der Waals surface area contributed by atoms with E-state index in [-0.39, 0.29) is 11.5 Å². The van der Waals surface area contributed by atoms with Gasteiger partial charge in [-0.25, -0.2) is 0 Å². The van der Waals surface area contributed by atoms with Gasteiger partial charge in [0.1, 0.15) is 0 Å². The maximum Gasteiger partial charge on any atom is 0.214 e. The van der Waals surface area contributed by atoms with Crippen LogP contribution in [0.15, 0.2) is 41.6 Å². The minimum absolute atomic E-state index is 0.0142. The first-order valence-electron chi connectivity index (χ1n) is 6.40. The van der Waals surface area contributed by atoms with Gasteiger partial charge in [-0.3, -0.25) is 4.79 Å². The molecule has 3 aromatic rings. The first kappa shape index (κ1) is 15.2. The van der Waals surface area contributed by atoms with Crippen LogP contribution in [0.1, 0.15) is 15.2 Å². The molecular formula is C14H11ClN4OS2. The third-order valence-electron chi connectivity index (χ3n) is 2.90. The molecule has 0 spiro atoms. The highest BCUT2D eigenvalue weighted by Crippen LogP contribution is 2.25. The maximum absolute atomic E-state index is 12.1. The van der Waals surface area contributed by atoms with Gasteiger partial charge in [-0.05, 0) is 41.6 Å². The normalized spacial score (nSPS) is 10.8. The van der Waals surface area contributed by atoms with Crippen LogP contribution in [0.2, 0.25) is 4.34 Å². The third kappa shape index (κ3) is 3.37. The van der Waals surface area contributed by atoms with Gasteiger partial charge in [-0.1, -0.05) is 41.1 Å². The zero-order valence-electron chi connectivity index (χ0n) is 11.6. The quantitative estimate of drug-likeness (QED) is 0.519. The summed E-state index contributed by atoms with van der Waals surface area (Å²) in [6.45, 7) is 2.02. The van der Waals surface area contributed by atoms with Gasteiger partial charge < -0.3 is 0 Å². The molecule has 0 N–H and O–H groups in total. The van der Waals surface area contributed by atoms with Gasteiger partial charge in [0.15, 0.2) is 5.78 Å². The minimum atomic E-state index is 0.0142. The molecule has 0 fully saturated rings. The summed E-state index contributed by atoms with van der Waals surface area (Å²) >= 11 is 8.43. The van der Waals surface area contributed by atoms with Gasteiger partial charge in [0.2, 0.25) is 5.16 Å². The van der Waals surface area contributed by atoms with Gasteiger partial charge in [0.05, 0.1) is 20.7 Å². The van der Waals surface area contributed by atoms with Crippen molar-refractivity contribution in [3.63, 3.8) is 0 Å². The van der Waals surface area contributed by atoms with Crippen LogP contribution in [0.5, 0.6) is 0 Å². The van der Waals surface area contributed by atoms with Crippen LogP contribution < -0.4 is 0 Å². The lowest BCUT2D eigenvalue weighted by molar-refractivity contribution is 0.102. The number of tetrazole rings is 1. The number of aromatic nitrogens is 4. The zero-order chi connectivity index (χ0) is 15.5. The summed E-state index contributed by atoms with van der Waals surface area (Å²) in [4.78, 5) is 12.7. The molecule has 22 heavy (non-hydrogen) atoms. The van der Waals surface area contributed by atoms with Crippen molar-refractivity contribution in [1.82, 2.24) is 20.2 Å². The van der Waals surface area contributed by atoms with Crippen LogP contribution in [0.4, 0.5) is 0 Å². The van der Waals surface area contributed by atoms with Crippen molar-refractivity contribution in [3.05, 3.63) is 51.2 Å². The van der Waals surface area contributed by atoms with Crippen molar-refractivity contribution in [2.24, 2.45) is 0 Å². The second kappa shape index (κ2) is 6.60. The number of Topliss-reactive ketones (excluding diaryl/α,β-unsaturated/α-hetero) is 1. The molecule has 0 amide bonds. The van der Waals surface area contributed by atoms with E-state index in [0.29, 0.717) is 14.4 Å². The lowest BCUT2D eigenvalue weighted by atomic mass is 10.2. The first-order valence-corrected chi connectivity index (χ1v) is 8.58. The summed E-state index contributed by atoms with van der Waals surface area (Å²) in [6.07, 6.45) is 0. The predicted octanol–water partition coefficient (Wildman–Crippen LogP) is 3.66. The number of benzene rings is 1. The van der Waals surface area contributed by atoms with E-state index in [4.69, 9.17) is 11.6 Å². The molecule has 0 radical (unpaired) electrons. The Morgan fingerprint density at radius 1 is 1.27 bits per heavy atom. The molecule has 0 saturated carbocycles. The number of carbonyl (C=O) groups excluding carboxylic acids is 1. The average Bonchev–Trinajstić information content (AvgIpc) is 3.14. The summed E-state index contributed by atoms with van der Waals surface area (Å²) in [5.41, 5.74) is 2.03. The fraction of sp³-hybridized carbons (Fsp3) is 0.143. The lowest BCUT2D eigenvalue weighted by Gasteiger charge is -2.04. The molecule has 8 heteroatoms. The topological polar surface area (TPSA) is 60.7 Å². The van der Waals surface area contributed by atoms with E-state index in [0.717, 1.165) is 11.3 Å². The van der Waals surface area contributed by atoms with E-state index in [1.165, 1.54) is 23.1 Å². The summed E-state index contributed by atoms with van der Waals surface area (Å²) < 4.78 is 2.23. The molecule has 0 unspecified atom stereocenters. The molecule has 0 saturated heterocycles. The number of hydrogen-bond acceptors (Lipinski definition) is 6.